The lowest BCUT2D eigenvalue weighted by molar-refractivity contribution is 0.410. The van der Waals surface area contributed by atoms with Crippen LogP contribution in [0.25, 0.3) is 11.4 Å². The average Bonchev–Trinajstić information content (AvgIpc) is 2.99. The van der Waals surface area contributed by atoms with Gasteiger partial charge in [0.25, 0.3) is 0 Å². The van der Waals surface area contributed by atoms with Gasteiger partial charge in [-0.2, -0.15) is 4.80 Å². The van der Waals surface area contributed by atoms with Gasteiger partial charge in [-0.15, -0.1) is 10.2 Å². The number of hydrogen-bond acceptors (Lipinski definition) is 5. The molecular formula is C17H19N5O. The van der Waals surface area contributed by atoms with Crippen LogP contribution in [0.15, 0.2) is 42.5 Å². The van der Waals surface area contributed by atoms with E-state index >= 15 is 0 Å². The molecule has 0 atom stereocenters. The van der Waals surface area contributed by atoms with Crippen molar-refractivity contribution >= 4 is 5.69 Å². The molecule has 3 aromatic rings. The van der Waals surface area contributed by atoms with Crippen LogP contribution < -0.4 is 10.1 Å². The van der Waals surface area contributed by atoms with Crippen LogP contribution in [-0.2, 0) is 13.6 Å². The number of tetrazole rings is 1. The van der Waals surface area contributed by atoms with Crippen molar-refractivity contribution < 1.29 is 4.74 Å². The van der Waals surface area contributed by atoms with Gasteiger partial charge in [0, 0.05) is 23.4 Å². The Morgan fingerprint density at radius 1 is 1.17 bits per heavy atom. The van der Waals surface area contributed by atoms with Crippen molar-refractivity contribution in [3.63, 3.8) is 0 Å². The molecule has 118 valence electrons. The Morgan fingerprint density at radius 2 is 2.00 bits per heavy atom. The van der Waals surface area contributed by atoms with Crippen LogP contribution in [0.4, 0.5) is 5.69 Å². The summed E-state index contributed by atoms with van der Waals surface area (Å²) >= 11 is 0. The van der Waals surface area contributed by atoms with E-state index in [2.05, 4.69) is 33.7 Å². The highest BCUT2D eigenvalue weighted by Gasteiger charge is 2.10. The maximum Gasteiger partial charge on any atom is 0.206 e. The summed E-state index contributed by atoms with van der Waals surface area (Å²) in [5, 5.41) is 15.7. The zero-order valence-corrected chi connectivity index (χ0v) is 13.4. The molecule has 0 saturated heterocycles. The van der Waals surface area contributed by atoms with Crippen molar-refractivity contribution in [3.05, 3.63) is 53.6 Å². The normalized spacial score (nSPS) is 10.6. The van der Waals surface area contributed by atoms with E-state index in [1.165, 1.54) is 10.4 Å². The van der Waals surface area contributed by atoms with Gasteiger partial charge in [-0.3, -0.25) is 0 Å². The van der Waals surface area contributed by atoms with E-state index in [0.29, 0.717) is 12.4 Å². The molecule has 0 aliphatic rings. The number of hydrogen-bond donors (Lipinski definition) is 1. The number of methoxy groups -OCH3 is 1. The fraction of sp³-hybridized carbons (Fsp3) is 0.235. The van der Waals surface area contributed by atoms with E-state index in [9.17, 15) is 0 Å². The Morgan fingerprint density at radius 3 is 2.74 bits per heavy atom. The summed E-state index contributed by atoms with van der Waals surface area (Å²) in [6.07, 6.45) is 0. The summed E-state index contributed by atoms with van der Waals surface area (Å²) in [6, 6.07) is 14.1. The number of aromatic nitrogens is 4. The highest BCUT2D eigenvalue weighted by atomic mass is 16.5. The Bertz CT molecular complexity index is 812. The third-order valence-electron chi connectivity index (χ3n) is 3.58. The van der Waals surface area contributed by atoms with E-state index < -0.39 is 0 Å². The predicted molar refractivity (Wildman–Crippen MR) is 89.3 cm³/mol. The zero-order chi connectivity index (χ0) is 16.2. The Labute approximate surface area is 135 Å². The fourth-order valence-electron chi connectivity index (χ4n) is 2.46. The van der Waals surface area contributed by atoms with E-state index in [1.807, 2.05) is 36.4 Å². The lowest BCUT2D eigenvalue weighted by Gasteiger charge is -2.13. The minimum atomic E-state index is 0.604. The number of ether oxygens (including phenoxy) is 1. The summed E-state index contributed by atoms with van der Waals surface area (Å²) in [5.41, 5.74) is 4.19. The number of benzene rings is 2. The standard InChI is InChI=1S/C17H19N5O/c1-12-8-9-16(23-3)13(10-12)11-18-15-7-5-4-6-14(15)17-19-21-22(2)20-17/h4-10,18H,11H2,1-3H3. The minimum Gasteiger partial charge on any atom is -0.496 e. The molecule has 0 spiro atoms. The van der Waals surface area contributed by atoms with Gasteiger partial charge in [-0.25, -0.2) is 0 Å². The molecule has 6 nitrogen and oxygen atoms in total. The van der Waals surface area contributed by atoms with Gasteiger partial charge in [0.15, 0.2) is 0 Å². The fourth-order valence-corrected chi connectivity index (χ4v) is 2.46. The Balaban J connectivity index is 1.86. The molecule has 0 radical (unpaired) electrons. The number of para-hydroxylation sites is 1. The average molecular weight is 309 g/mol. The van der Waals surface area contributed by atoms with E-state index in [1.54, 1.807) is 14.2 Å². The quantitative estimate of drug-likeness (QED) is 0.785. The van der Waals surface area contributed by atoms with Gasteiger partial charge < -0.3 is 10.1 Å². The molecule has 0 aliphatic carbocycles. The second-order valence-corrected chi connectivity index (χ2v) is 5.32. The molecule has 2 aromatic carbocycles. The smallest absolute Gasteiger partial charge is 0.206 e. The van der Waals surface area contributed by atoms with Crippen LogP contribution in [0, 0.1) is 6.92 Å². The molecule has 23 heavy (non-hydrogen) atoms. The van der Waals surface area contributed by atoms with E-state index in [0.717, 1.165) is 22.6 Å². The Hall–Kier alpha value is -2.89. The number of anilines is 1. The van der Waals surface area contributed by atoms with Gasteiger partial charge in [0.2, 0.25) is 5.82 Å². The van der Waals surface area contributed by atoms with Crippen LogP contribution in [0.3, 0.4) is 0 Å². The van der Waals surface area contributed by atoms with Crippen molar-refractivity contribution in [1.82, 2.24) is 20.2 Å². The monoisotopic (exact) mass is 309 g/mol. The number of rotatable bonds is 5. The Kier molecular flexibility index (Phi) is 4.23. The first-order valence-electron chi connectivity index (χ1n) is 7.38. The van der Waals surface area contributed by atoms with Crippen molar-refractivity contribution in [2.45, 2.75) is 13.5 Å². The maximum atomic E-state index is 5.43. The molecule has 0 saturated carbocycles. The molecule has 1 N–H and O–H groups in total. The van der Waals surface area contributed by atoms with Crippen molar-refractivity contribution in [3.8, 4) is 17.1 Å². The first-order chi connectivity index (χ1) is 11.2. The van der Waals surface area contributed by atoms with E-state index in [-0.39, 0.29) is 0 Å². The van der Waals surface area contributed by atoms with Crippen LogP contribution in [0.5, 0.6) is 5.75 Å². The molecule has 0 fully saturated rings. The van der Waals surface area contributed by atoms with Crippen LogP contribution in [0.2, 0.25) is 0 Å². The second-order valence-electron chi connectivity index (χ2n) is 5.32. The van der Waals surface area contributed by atoms with Crippen molar-refractivity contribution in [2.75, 3.05) is 12.4 Å². The van der Waals surface area contributed by atoms with Crippen LogP contribution in [0.1, 0.15) is 11.1 Å². The first-order valence-corrected chi connectivity index (χ1v) is 7.38. The summed E-state index contributed by atoms with van der Waals surface area (Å²) in [5.74, 6) is 1.48. The van der Waals surface area contributed by atoms with E-state index in [4.69, 9.17) is 4.74 Å². The predicted octanol–water partition coefficient (Wildman–Crippen LogP) is 2.81. The van der Waals surface area contributed by atoms with Crippen LogP contribution >= 0.6 is 0 Å². The first kappa shape index (κ1) is 15.0. The lowest BCUT2D eigenvalue weighted by Crippen LogP contribution is -2.03. The summed E-state index contributed by atoms with van der Waals surface area (Å²) in [7, 11) is 3.44. The highest BCUT2D eigenvalue weighted by Crippen LogP contribution is 2.26. The number of nitrogens with zero attached hydrogens (tertiary/aromatic N) is 4. The highest BCUT2D eigenvalue weighted by molar-refractivity contribution is 5.73. The van der Waals surface area contributed by atoms with Gasteiger partial charge in [-0.1, -0.05) is 29.8 Å². The SMILES string of the molecule is COc1ccc(C)cc1CNc1ccccc1-c1nnn(C)n1. The molecular weight excluding hydrogens is 290 g/mol. The number of nitrogens with one attached hydrogen (secondary N) is 1. The summed E-state index contributed by atoms with van der Waals surface area (Å²) in [4.78, 5) is 1.45. The molecule has 1 heterocycles. The topological polar surface area (TPSA) is 64.9 Å². The van der Waals surface area contributed by atoms with Gasteiger partial charge in [0.05, 0.1) is 14.2 Å². The molecule has 0 bridgehead atoms. The summed E-state index contributed by atoms with van der Waals surface area (Å²) in [6.45, 7) is 2.72. The molecule has 1 aromatic heterocycles. The molecule has 6 heteroatoms. The number of aryl methyl sites for hydroxylation is 2. The van der Waals surface area contributed by atoms with Crippen molar-refractivity contribution in [1.29, 1.82) is 0 Å². The lowest BCUT2D eigenvalue weighted by atomic mass is 10.1. The van der Waals surface area contributed by atoms with Crippen LogP contribution in [-0.4, -0.2) is 27.3 Å². The van der Waals surface area contributed by atoms with Gasteiger partial charge in [0.1, 0.15) is 5.75 Å². The molecule has 0 unspecified atom stereocenters. The maximum absolute atomic E-state index is 5.43. The minimum absolute atomic E-state index is 0.604. The molecule has 0 aliphatic heterocycles. The largest absolute Gasteiger partial charge is 0.496 e. The third-order valence-corrected chi connectivity index (χ3v) is 3.58. The molecule has 0 amide bonds. The van der Waals surface area contributed by atoms with Crippen molar-refractivity contribution in [2.24, 2.45) is 7.05 Å². The van der Waals surface area contributed by atoms with Gasteiger partial charge in [-0.05, 0) is 30.3 Å². The molecule has 3 rings (SSSR count). The second kappa shape index (κ2) is 6.48. The van der Waals surface area contributed by atoms with Gasteiger partial charge >= 0.3 is 0 Å². The zero-order valence-electron chi connectivity index (χ0n) is 13.4. The third kappa shape index (κ3) is 3.31. The summed E-state index contributed by atoms with van der Waals surface area (Å²) < 4.78 is 5.43.